The van der Waals surface area contributed by atoms with Crippen molar-refractivity contribution < 1.29 is 9.90 Å². The van der Waals surface area contributed by atoms with Gasteiger partial charge in [-0.15, -0.1) is 0 Å². The maximum absolute atomic E-state index is 10.9. The fourth-order valence-electron chi connectivity index (χ4n) is 1.88. The van der Waals surface area contributed by atoms with Gasteiger partial charge in [0.25, 0.3) is 0 Å². The van der Waals surface area contributed by atoms with E-state index in [4.69, 9.17) is 10.8 Å². The number of aromatic nitrogens is 2. The lowest BCUT2D eigenvalue weighted by Gasteiger charge is -2.18. The van der Waals surface area contributed by atoms with Crippen LogP contribution in [0.3, 0.4) is 0 Å². The first-order valence-corrected chi connectivity index (χ1v) is 7.48. The zero-order valence-corrected chi connectivity index (χ0v) is 12.5. The Morgan fingerprint density at radius 1 is 1.55 bits per heavy atom. The second-order valence-corrected chi connectivity index (χ2v) is 6.32. The van der Waals surface area contributed by atoms with E-state index >= 15 is 0 Å². The molecule has 0 saturated heterocycles. The standard InChI is InChI=1S/C14H19N3O2S/c1-9-4-5-10-11(8-9)17-13(16-10)20-7-3-6-14(2,15)12(18)19/h4-5,8H,3,6-7,15H2,1-2H3,(H,16,17)(H,18,19). The van der Waals surface area contributed by atoms with Gasteiger partial charge in [-0.3, -0.25) is 4.79 Å². The highest BCUT2D eigenvalue weighted by Crippen LogP contribution is 2.22. The van der Waals surface area contributed by atoms with Crippen LogP contribution in [0.15, 0.2) is 23.4 Å². The summed E-state index contributed by atoms with van der Waals surface area (Å²) >= 11 is 1.59. The summed E-state index contributed by atoms with van der Waals surface area (Å²) in [7, 11) is 0. The molecule has 108 valence electrons. The molecule has 20 heavy (non-hydrogen) atoms. The van der Waals surface area contributed by atoms with Crippen molar-refractivity contribution in [3.63, 3.8) is 0 Å². The third kappa shape index (κ3) is 3.52. The molecule has 0 radical (unpaired) electrons. The van der Waals surface area contributed by atoms with Gasteiger partial charge in [0, 0.05) is 5.75 Å². The Labute approximate surface area is 122 Å². The number of carboxylic acids is 1. The molecule has 0 aliphatic rings. The van der Waals surface area contributed by atoms with Crippen molar-refractivity contribution in [2.45, 2.75) is 37.4 Å². The fourth-order valence-corrected chi connectivity index (χ4v) is 2.71. The Hall–Kier alpha value is -1.53. The van der Waals surface area contributed by atoms with Crippen molar-refractivity contribution in [3.8, 4) is 0 Å². The summed E-state index contributed by atoms with van der Waals surface area (Å²) in [6.07, 6.45) is 1.19. The largest absolute Gasteiger partial charge is 0.480 e. The number of aryl methyl sites for hydroxylation is 1. The minimum absolute atomic E-state index is 0.453. The number of rotatable bonds is 6. The minimum atomic E-state index is -1.15. The summed E-state index contributed by atoms with van der Waals surface area (Å²) in [5, 5.41) is 9.79. The van der Waals surface area contributed by atoms with Gasteiger partial charge in [0.15, 0.2) is 5.16 Å². The summed E-state index contributed by atoms with van der Waals surface area (Å²) in [5.41, 5.74) is 7.71. The third-order valence-corrected chi connectivity index (χ3v) is 4.14. The van der Waals surface area contributed by atoms with E-state index < -0.39 is 11.5 Å². The lowest BCUT2D eigenvalue weighted by atomic mass is 9.98. The van der Waals surface area contributed by atoms with Gasteiger partial charge in [-0.2, -0.15) is 0 Å². The van der Waals surface area contributed by atoms with E-state index in [1.165, 1.54) is 5.56 Å². The zero-order valence-electron chi connectivity index (χ0n) is 11.6. The number of aromatic amines is 1. The van der Waals surface area contributed by atoms with E-state index in [2.05, 4.69) is 16.0 Å². The fraction of sp³-hybridized carbons (Fsp3) is 0.429. The highest BCUT2D eigenvalue weighted by Gasteiger charge is 2.26. The molecule has 4 N–H and O–H groups in total. The minimum Gasteiger partial charge on any atom is -0.480 e. The Bertz CT molecular complexity index is 622. The monoisotopic (exact) mass is 293 g/mol. The molecule has 0 aliphatic heterocycles. The second kappa shape index (κ2) is 5.85. The van der Waals surface area contributed by atoms with Crippen LogP contribution in [-0.4, -0.2) is 32.3 Å². The Kier molecular flexibility index (Phi) is 4.35. The first kappa shape index (κ1) is 14.9. The average molecular weight is 293 g/mol. The molecule has 0 spiro atoms. The van der Waals surface area contributed by atoms with Crippen LogP contribution >= 0.6 is 11.8 Å². The van der Waals surface area contributed by atoms with Gasteiger partial charge in [0.2, 0.25) is 0 Å². The number of thioether (sulfide) groups is 1. The maximum atomic E-state index is 10.9. The molecule has 2 rings (SSSR count). The molecule has 1 unspecified atom stereocenters. The van der Waals surface area contributed by atoms with Crippen LogP contribution in [0.4, 0.5) is 0 Å². The lowest BCUT2D eigenvalue weighted by Crippen LogP contribution is -2.44. The Morgan fingerprint density at radius 2 is 2.30 bits per heavy atom. The van der Waals surface area contributed by atoms with Gasteiger partial charge in [-0.05, 0) is 44.4 Å². The molecule has 5 nitrogen and oxygen atoms in total. The van der Waals surface area contributed by atoms with Crippen molar-refractivity contribution >= 4 is 28.8 Å². The molecule has 0 fully saturated rings. The Balaban J connectivity index is 1.89. The van der Waals surface area contributed by atoms with Crippen LogP contribution in [0, 0.1) is 6.92 Å². The van der Waals surface area contributed by atoms with E-state index in [9.17, 15) is 4.79 Å². The lowest BCUT2D eigenvalue weighted by molar-refractivity contribution is -0.142. The summed E-state index contributed by atoms with van der Waals surface area (Å²) in [4.78, 5) is 18.6. The molecule has 0 saturated carbocycles. The van der Waals surface area contributed by atoms with E-state index in [1.807, 2.05) is 19.1 Å². The molecule has 2 aromatic rings. The summed E-state index contributed by atoms with van der Waals surface area (Å²) in [5.74, 6) is -0.166. The topological polar surface area (TPSA) is 92.0 Å². The van der Waals surface area contributed by atoms with Crippen LogP contribution in [0.25, 0.3) is 11.0 Å². The number of carbonyl (C=O) groups is 1. The van der Waals surface area contributed by atoms with Gasteiger partial charge in [0.1, 0.15) is 5.54 Å². The smallest absolute Gasteiger partial charge is 0.323 e. The highest BCUT2D eigenvalue weighted by atomic mass is 32.2. The Morgan fingerprint density at radius 3 is 3.00 bits per heavy atom. The molecule has 1 heterocycles. The first-order valence-electron chi connectivity index (χ1n) is 6.50. The number of carboxylic acid groups (broad SMARTS) is 1. The molecule has 0 aliphatic carbocycles. The molecule has 6 heteroatoms. The summed E-state index contributed by atoms with van der Waals surface area (Å²) in [6, 6.07) is 6.09. The highest BCUT2D eigenvalue weighted by molar-refractivity contribution is 7.99. The van der Waals surface area contributed by atoms with Crippen LogP contribution in [0.5, 0.6) is 0 Å². The van der Waals surface area contributed by atoms with Crippen LogP contribution in [0.2, 0.25) is 0 Å². The van der Waals surface area contributed by atoms with Crippen LogP contribution in [-0.2, 0) is 4.79 Å². The molecule has 1 aromatic heterocycles. The zero-order chi connectivity index (χ0) is 14.8. The number of hydrogen-bond acceptors (Lipinski definition) is 4. The SMILES string of the molecule is Cc1ccc2nc(SCCCC(C)(N)C(=O)O)[nH]c2c1. The van der Waals surface area contributed by atoms with Crippen LogP contribution in [0.1, 0.15) is 25.3 Å². The third-order valence-electron chi connectivity index (χ3n) is 3.18. The number of benzene rings is 1. The molecule has 0 amide bonds. The van der Waals surface area contributed by atoms with Crippen molar-refractivity contribution in [2.24, 2.45) is 5.73 Å². The molecular weight excluding hydrogens is 274 g/mol. The predicted octanol–water partition coefficient (Wildman–Crippen LogP) is 2.55. The number of nitrogens with one attached hydrogen (secondary N) is 1. The quantitative estimate of drug-likeness (QED) is 0.562. The van der Waals surface area contributed by atoms with Crippen molar-refractivity contribution in [1.29, 1.82) is 0 Å². The second-order valence-electron chi connectivity index (χ2n) is 5.24. The number of fused-ring (bicyclic) bond motifs is 1. The van der Waals surface area contributed by atoms with Crippen molar-refractivity contribution in [2.75, 3.05) is 5.75 Å². The summed E-state index contributed by atoms with van der Waals surface area (Å²) < 4.78 is 0. The number of imidazole rings is 1. The van der Waals surface area contributed by atoms with Gasteiger partial charge in [-0.1, -0.05) is 17.8 Å². The average Bonchev–Trinajstić information content (AvgIpc) is 2.76. The predicted molar refractivity (Wildman–Crippen MR) is 81.0 cm³/mol. The molecule has 1 atom stereocenters. The van der Waals surface area contributed by atoms with E-state index in [0.29, 0.717) is 6.42 Å². The number of aliphatic carboxylic acids is 1. The van der Waals surface area contributed by atoms with Crippen molar-refractivity contribution in [3.05, 3.63) is 23.8 Å². The normalized spacial score (nSPS) is 14.3. The van der Waals surface area contributed by atoms with Gasteiger partial charge < -0.3 is 15.8 Å². The number of nitrogens with two attached hydrogens (primary N) is 1. The van der Waals surface area contributed by atoms with E-state index in [0.717, 1.165) is 28.4 Å². The van der Waals surface area contributed by atoms with Gasteiger partial charge >= 0.3 is 5.97 Å². The number of hydrogen-bond donors (Lipinski definition) is 3. The number of nitrogens with zero attached hydrogens (tertiary/aromatic N) is 1. The van der Waals surface area contributed by atoms with Gasteiger partial charge in [-0.25, -0.2) is 4.98 Å². The molecule has 0 bridgehead atoms. The maximum Gasteiger partial charge on any atom is 0.323 e. The van der Waals surface area contributed by atoms with Crippen LogP contribution < -0.4 is 5.73 Å². The first-order chi connectivity index (χ1) is 9.38. The van der Waals surface area contributed by atoms with E-state index in [1.54, 1.807) is 18.7 Å². The van der Waals surface area contributed by atoms with E-state index in [-0.39, 0.29) is 0 Å². The van der Waals surface area contributed by atoms with Gasteiger partial charge in [0.05, 0.1) is 11.0 Å². The van der Waals surface area contributed by atoms with Crippen molar-refractivity contribution in [1.82, 2.24) is 9.97 Å². The summed E-state index contributed by atoms with van der Waals surface area (Å²) in [6.45, 7) is 3.59. The molecular formula is C14H19N3O2S. The molecule has 1 aromatic carbocycles. The number of H-pyrrole nitrogens is 1.